The van der Waals surface area contributed by atoms with Crippen molar-refractivity contribution in [3.05, 3.63) is 29.8 Å². The summed E-state index contributed by atoms with van der Waals surface area (Å²) in [6, 6.07) is 6.01. The van der Waals surface area contributed by atoms with Gasteiger partial charge in [-0.05, 0) is 73.8 Å². The summed E-state index contributed by atoms with van der Waals surface area (Å²) < 4.78 is 0. The van der Waals surface area contributed by atoms with Crippen LogP contribution in [0.2, 0.25) is 0 Å². The Morgan fingerprint density at radius 3 is 2.41 bits per heavy atom. The fraction of sp³-hybridized carbons (Fsp3) is 0.630. The lowest BCUT2D eigenvalue weighted by Crippen LogP contribution is -2.40. The normalized spacial score (nSPS) is 19.8. The third kappa shape index (κ3) is 6.22. The van der Waals surface area contributed by atoms with Crippen LogP contribution in [0.15, 0.2) is 24.3 Å². The lowest BCUT2D eigenvalue weighted by atomic mass is 9.72. The molecule has 3 rings (SSSR count). The van der Waals surface area contributed by atoms with E-state index in [1.807, 2.05) is 12.1 Å². The minimum absolute atomic E-state index is 0.0848. The zero-order chi connectivity index (χ0) is 23.1. The van der Waals surface area contributed by atoms with Gasteiger partial charge in [-0.15, -0.1) is 0 Å². The molecular weight excluding hydrogens is 398 g/mol. The Hall–Kier alpha value is -2.14. The van der Waals surface area contributed by atoms with Crippen molar-refractivity contribution in [3.63, 3.8) is 0 Å². The van der Waals surface area contributed by atoms with Crippen LogP contribution in [0.3, 0.4) is 0 Å². The summed E-state index contributed by atoms with van der Waals surface area (Å²) in [6.45, 7) is 12.0. The molecule has 1 aromatic carbocycles. The van der Waals surface area contributed by atoms with Gasteiger partial charge in [0.05, 0.1) is 5.69 Å². The predicted molar refractivity (Wildman–Crippen MR) is 134 cm³/mol. The van der Waals surface area contributed by atoms with Crippen LogP contribution in [-0.2, 0) is 9.59 Å². The molecule has 2 amide bonds. The Kier molecular flexibility index (Phi) is 8.52. The molecule has 1 aromatic rings. The number of rotatable bonds is 9. The standard InChI is InChI=1S/C27H41N3O2/c1-5-6-16-28-17-18-29-24-15-14-22(30-25(31)8-7-9-26(30)32)19-23(24)20-10-12-21(13-11-20)27(2,3)4/h10,14-15,19,21,28-29H,5-9,11-13,16-18H2,1-4H3. The van der Waals surface area contributed by atoms with Crippen molar-refractivity contribution in [2.75, 3.05) is 29.9 Å². The van der Waals surface area contributed by atoms with E-state index in [1.54, 1.807) is 0 Å². The lowest BCUT2D eigenvalue weighted by molar-refractivity contribution is -0.129. The second kappa shape index (κ2) is 11.1. The fourth-order valence-electron chi connectivity index (χ4n) is 4.71. The highest BCUT2D eigenvalue weighted by atomic mass is 16.2. The number of allylic oxidation sites excluding steroid dienone is 2. The fourth-order valence-corrected chi connectivity index (χ4v) is 4.71. The van der Waals surface area contributed by atoms with E-state index in [0.717, 1.165) is 43.7 Å². The molecule has 2 aliphatic rings. The van der Waals surface area contributed by atoms with Crippen molar-refractivity contribution in [2.45, 2.75) is 79.1 Å². The largest absolute Gasteiger partial charge is 0.383 e. The first-order valence-corrected chi connectivity index (χ1v) is 12.4. The van der Waals surface area contributed by atoms with Gasteiger partial charge in [-0.2, -0.15) is 0 Å². The Balaban J connectivity index is 1.82. The summed E-state index contributed by atoms with van der Waals surface area (Å²) >= 11 is 0. The lowest BCUT2D eigenvalue weighted by Gasteiger charge is -2.34. The van der Waals surface area contributed by atoms with E-state index >= 15 is 0 Å². The highest BCUT2D eigenvalue weighted by molar-refractivity contribution is 6.16. The first-order valence-electron chi connectivity index (χ1n) is 12.4. The maximum Gasteiger partial charge on any atom is 0.233 e. The Morgan fingerprint density at radius 2 is 1.78 bits per heavy atom. The molecule has 32 heavy (non-hydrogen) atoms. The summed E-state index contributed by atoms with van der Waals surface area (Å²) in [5, 5.41) is 7.07. The maximum absolute atomic E-state index is 12.5. The second-order valence-electron chi connectivity index (χ2n) is 10.3. The van der Waals surface area contributed by atoms with Crippen molar-refractivity contribution < 1.29 is 9.59 Å². The van der Waals surface area contributed by atoms with Crippen LogP contribution in [0.4, 0.5) is 11.4 Å². The average Bonchev–Trinajstić information content (AvgIpc) is 2.76. The first kappa shape index (κ1) is 24.5. The molecule has 0 saturated carbocycles. The summed E-state index contributed by atoms with van der Waals surface area (Å²) in [4.78, 5) is 26.4. The van der Waals surface area contributed by atoms with Gasteiger partial charge in [0.15, 0.2) is 0 Å². The number of hydrogen-bond acceptors (Lipinski definition) is 4. The molecule has 1 fully saturated rings. The van der Waals surface area contributed by atoms with Gasteiger partial charge in [0.2, 0.25) is 11.8 Å². The van der Waals surface area contributed by atoms with Gasteiger partial charge in [-0.1, -0.05) is 40.2 Å². The van der Waals surface area contributed by atoms with Crippen LogP contribution in [0, 0.1) is 11.3 Å². The van der Waals surface area contributed by atoms with Crippen molar-refractivity contribution in [2.24, 2.45) is 11.3 Å². The van der Waals surface area contributed by atoms with Crippen LogP contribution in [0.25, 0.3) is 5.57 Å². The number of imide groups is 1. The Bertz CT molecular complexity index is 822. The zero-order valence-electron chi connectivity index (χ0n) is 20.4. The molecule has 1 atom stereocenters. The van der Waals surface area contributed by atoms with Gasteiger partial charge in [-0.3, -0.25) is 14.5 Å². The van der Waals surface area contributed by atoms with E-state index in [1.165, 1.54) is 29.7 Å². The van der Waals surface area contributed by atoms with E-state index in [0.29, 0.717) is 36.3 Å². The quantitative estimate of drug-likeness (QED) is 0.379. The SMILES string of the molecule is CCCCNCCNc1ccc(N2C(=O)CCCC2=O)cc1C1=CCC(C(C)(C)C)CC1. The molecule has 1 unspecified atom stereocenters. The van der Waals surface area contributed by atoms with Crippen molar-refractivity contribution in [1.82, 2.24) is 5.32 Å². The number of nitrogens with one attached hydrogen (secondary N) is 2. The number of nitrogens with zero attached hydrogens (tertiary/aromatic N) is 1. The number of amides is 2. The molecule has 1 aliphatic carbocycles. The number of benzene rings is 1. The molecule has 0 radical (unpaired) electrons. The molecule has 1 aliphatic heterocycles. The number of piperidine rings is 1. The zero-order valence-corrected chi connectivity index (χ0v) is 20.4. The molecule has 176 valence electrons. The van der Waals surface area contributed by atoms with Crippen LogP contribution < -0.4 is 15.5 Å². The molecule has 2 N–H and O–H groups in total. The van der Waals surface area contributed by atoms with Crippen molar-refractivity contribution in [1.29, 1.82) is 0 Å². The van der Waals surface area contributed by atoms with Gasteiger partial charge < -0.3 is 10.6 Å². The minimum atomic E-state index is -0.0848. The topological polar surface area (TPSA) is 61.4 Å². The maximum atomic E-state index is 12.5. The van der Waals surface area contributed by atoms with Crippen LogP contribution in [0.5, 0.6) is 0 Å². The number of carbonyl (C=O) groups excluding carboxylic acids is 2. The number of anilines is 2. The third-order valence-corrected chi connectivity index (χ3v) is 6.85. The summed E-state index contributed by atoms with van der Waals surface area (Å²) in [6.07, 6.45) is 9.58. The monoisotopic (exact) mass is 439 g/mol. The summed E-state index contributed by atoms with van der Waals surface area (Å²) in [7, 11) is 0. The van der Waals surface area contributed by atoms with E-state index in [4.69, 9.17) is 0 Å². The summed E-state index contributed by atoms with van der Waals surface area (Å²) in [5.41, 5.74) is 4.56. The molecule has 5 nitrogen and oxygen atoms in total. The minimum Gasteiger partial charge on any atom is -0.383 e. The number of carbonyl (C=O) groups is 2. The van der Waals surface area contributed by atoms with Crippen LogP contribution in [-0.4, -0.2) is 31.4 Å². The van der Waals surface area contributed by atoms with Gasteiger partial charge in [0.25, 0.3) is 0 Å². The summed E-state index contributed by atoms with van der Waals surface area (Å²) in [5.74, 6) is 0.510. The van der Waals surface area contributed by atoms with Gasteiger partial charge >= 0.3 is 0 Å². The van der Waals surface area contributed by atoms with E-state index in [9.17, 15) is 9.59 Å². The molecular formula is C27H41N3O2. The Morgan fingerprint density at radius 1 is 1.03 bits per heavy atom. The molecule has 1 heterocycles. The van der Waals surface area contributed by atoms with Gasteiger partial charge in [0, 0.05) is 37.2 Å². The van der Waals surface area contributed by atoms with E-state index < -0.39 is 0 Å². The second-order valence-corrected chi connectivity index (χ2v) is 10.3. The number of unbranched alkanes of at least 4 members (excludes halogenated alkanes) is 1. The molecule has 0 aromatic heterocycles. The molecule has 0 bridgehead atoms. The van der Waals surface area contributed by atoms with Crippen LogP contribution >= 0.6 is 0 Å². The van der Waals surface area contributed by atoms with Crippen LogP contribution in [0.1, 0.15) is 84.6 Å². The van der Waals surface area contributed by atoms with Gasteiger partial charge in [0.1, 0.15) is 0 Å². The van der Waals surface area contributed by atoms with Gasteiger partial charge in [-0.25, -0.2) is 0 Å². The predicted octanol–water partition coefficient (Wildman–Crippen LogP) is 5.76. The first-order chi connectivity index (χ1) is 15.3. The Labute approximate surface area is 194 Å². The van der Waals surface area contributed by atoms with E-state index in [-0.39, 0.29) is 11.8 Å². The smallest absolute Gasteiger partial charge is 0.233 e. The molecule has 1 saturated heterocycles. The average molecular weight is 440 g/mol. The molecule has 5 heteroatoms. The van der Waals surface area contributed by atoms with E-state index in [2.05, 4.69) is 50.5 Å². The van der Waals surface area contributed by atoms with Crippen molar-refractivity contribution >= 4 is 28.8 Å². The van der Waals surface area contributed by atoms with Crippen molar-refractivity contribution in [3.8, 4) is 0 Å². The molecule has 0 spiro atoms. The number of hydrogen-bond donors (Lipinski definition) is 2. The highest BCUT2D eigenvalue weighted by Crippen LogP contribution is 2.42. The third-order valence-electron chi connectivity index (χ3n) is 6.85. The highest BCUT2D eigenvalue weighted by Gasteiger charge is 2.30.